The molecule has 0 aromatic heterocycles. The number of ketones is 1. The Morgan fingerprint density at radius 1 is 1.10 bits per heavy atom. The summed E-state index contributed by atoms with van der Waals surface area (Å²) in [4.78, 5) is 76.0. The van der Waals surface area contributed by atoms with Gasteiger partial charge in [-0.1, -0.05) is 48.7 Å². The molecule has 7 rings (SSSR count). The minimum absolute atomic E-state index is 0.00747. The highest BCUT2D eigenvalue weighted by Gasteiger charge is 2.60. The number of benzene rings is 1. The van der Waals surface area contributed by atoms with Crippen LogP contribution >= 0.6 is 11.6 Å². The maximum atomic E-state index is 14.7. The third-order valence-electron chi connectivity index (χ3n) is 11.9. The number of oxime groups is 1. The number of halogens is 1. The van der Waals surface area contributed by atoms with Gasteiger partial charge in [0.25, 0.3) is 5.91 Å². The summed E-state index contributed by atoms with van der Waals surface area (Å²) >= 11 is 6.26. The molecule has 6 aliphatic rings. The number of carbonyl (C=O) groups is 5. The molecule has 270 valence electrons. The Hall–Kier alpha value is -3.51. The molecule has 3 N–H and O–H groups in total. The number of methoxy groups -OCH3 is 1. The molecule has 4 amide bonds. The van der Waals surface area contributed by atoms with E-state index in [9.17, 15) is 24.0 Å². The van der Waals surface area contributed by atoms with Crippen LogP contribution in [0.25, 0.3) is 0 Å². The van der Waals surface area contributed by atoms with Gasteiger partial charge in [0.05, 0.1) is 23.9 Å². The molecule has 3 unspecified atom stereocenters. The standard InChI is InChI=1S/C37H48ClN5O7/c1-3-5-27(31(45)34(47)39-26-10-11-26)40-33(46)29-19-36(18-28(42-50-36)23-6-4-7-25(38)16-23)20-43(29)35(48)32(37(49-2)12-13-37)41-30(44)17-24-15-21-8-9-22(24)14-21/h4,6-7,16,21-22,24,26-27,29,32H,3,5,8-15,17-20H2,1-2H3,(H,39,47)(H,40,46)(H,41,44)/t21?,22?,24?,27-,29-,32+,36+/m0/s1. The molecule has 12 nitrogen and oxygen atoms in total. The lowest BCUT2D eigenvalue weighted by Crippen LogP contribution is -2.60. The topological polar surface area (TPSA) is 156 Å². The van der Waals surface area contributed by atoms with E-state index in [1.54, 1.807) is 19.2 Å². The first kappa shape index (κ1) is 34.9. The smallest absolute Gasteiger partial charge is 0.289 e. The number of nitrogens with one attached hydrogen (secondary N) is 3. The van der Waals surface area contributed by atoms with Gasteiger partial charge in [0.15, 0.2) is 5.60 Å². The average Bonchev–Trinajstić information content (AvgIpc) is 3.88. The summed E-state index contributed by atoms with van der Waals surface area (Å²) in [6.07, 6.45) is 9.05. The number of carbonyl (C=O) groups excluding carboxylic acids is 5. The summed E-state index contributed by atoms with van der Waals surface area (Å²) in [5, 5.41) is 13.5. The molecule has 4 saturated carbocycles. The summed E-state index contributed by atoms with van der Waals surface area (Å²) < 4.78 is 5.88. The molecule has 5 fully saturated rings. The van der Waals surface area contributed by atoms with E-state index in [1.807, 2.05) is 19.1 Å². The number of amides is 4. The van der Waals surface area contributed by atoms with Crippen LogP contribution < -0.4 is 16.0 Å². The van der Waals surface area contributed by atoms with Crippen molar-refractivity contribution in [2.24, 2.45) is 22.9 Å². The maximum absolute atomic E-state index is 14.7. The predicted molar refractivity (Wildman–Crippen MR) is 184 cm³/mol. The van der Waals surface area contributed by atoms with Crippen molar-refractivity contribution in [2.75, 3.05) is 13.7 Å². The Bertz CT molecular complexity index is 1580. The van der Waals surface area contributed by atoms with E-state index >= 15 is 0 Å². The fraction of sp³-hybridized carbons (Fsp3) is 0.676. The van der Waals surface area contributed by atoms with Crippen molar-refractivity contribution >= 4 is 46.7 Å². The lowest BCUT2D eigenvalue weighted by Gasteiger charge is -2.33. The Balaban J connectivity index is 1.13. The molecule has 1 aromatic rings. The van der Waals surface area contributed by atoms with E-state index in [-0.39, 0.29) is 31.3 Å². The molecule has 2 bridgehead atoms. The first-order valence-corrected chi connectivity index (χ1v) is 18.7. The van der Waals surface area contributed by atoms with Crippen LogP contribution in [0.5, 0.6) is 0 Å². The summed E-state index contributed by atoms with van der Waals surface area (Å²) in [5.74, 6) is -1.03. The number of nitrogens with zero attached hydrogens (tertiary/aromatic N) is 2. The third-order valence-corrected chi connectivity index (χ3v) is 12.1. The van der Waals surface area contributed by atoms with E-state index in [1.165, 1.54) is 17.7 Å². The Kier molecular flexibility index (Phi) is 9.71. The molecule has 50 heavy (non-hydrogen) atoms. The zero-order chi connectivity index (χ0) is 35.2. The summed E-state index contributed by atoms with van der Waals surface area (Å²) in [7, 11) is 1.55. The van der Waals surface area contributed by atoms with E-state index in [4.69, 9.17) is 21.2 Å². The van der Waals surface area contributed by atoms with Gasteiger partial charge in [0, 0.05) is 43.0 Å². The summed E-state index contributed by atoms with van der Waals surface area (Å²) in [6, 6.07) is 4.14. The second kappa shape index (κ2) is 13.9. The Morgan fingerprint density at radius 2 is 1.90 bits per heavy atom. The molecule has 1 spiro atoms. The van der Waals surface area contributed by atoms with E-state index in [2.05, 4.69) is 21.1 Å². The average molecular weight is 710 g/mol. The van der Waals surface area contributed by atoms with Gasteiger partial charge < -0.3 is 30.4 Å². The van der Waals surface area contributed by atoms with Crippen LogP contribution in [-0.2, 0) is 33.5 Å². The quantitative estimate of drug-likeness (QED) is 0.250. The van der Waals surface area contributed by atoms with Crippen molar-refractivity contribution in [3.8, 4) is 0 Å². The number of rotatable bonds is 14. The zero-order valence-electron chi connectivity index (χ0n) is 28.9. The second-order valence-electron chi connectivity index (χ2n) is 15.6. The van der Waals surface area contributed by atoms with Crippen molar-refractivity contribution in [3.05, 3.63) is 34.9 Å². The molecule has 7 atom stereocenters. The molecular formula is C37H48ClN5O7. The molecular weight excluding hydrogens is 662 g/mol. The fourth-order valence-corrected chi connectivity index (χ4v) is 9.01. The number of Topliss-reactive ketones (excluding diaryl/α,β-unsaturated/α-hetero) is 1. The van der Waals surface area contributed by atoms with Gasteiger partial charge in [-0.15, -0.1) is 0 Å². The highest BCUT2D eigenvalue weighted by molar-refractivity contribution is 6.38. The second-order valence-corrected chi connectivity index (χ2v) is 16.0. The lowest BCUT2D eigenvalue weighted by molar-refractivity contribution is -0.147. The van der Waals surface area contributed by atoms with Crippen molar-refractivity contribution in [2.45, 2.75) is 126 Å². The number of ether oxygens (including phenoxy) is 1. The summed E-state index contributed by atoms with van der Waals surface area (Å²) in [6.45, 7) is 1.90. The molecule has 1 saturated heterocycles. The number of fused-ring (bicyclic) bond motifs is 2. The monoisotopic (exact) mass is 709 g/mol. The van der Waals surface area contributed by atoms with Crippen LogP contribution in [0.15, 0.2) is 29.4 Å². The van der Waals surface area contributed by atoms with Crippen LogP contribution in [0.4, 0.5) is 0 Å². The first-order chi connectivity index (χ1) is 24.0. The van der Waals surface area contributed by atoms with Crippen molar-refractivity contribution in [1.29, 1.82) is 0 Å². The van der Waals surface area contributed by atoms with Crippen LogP contribution in [0.1, 0.15) is 96.0 Å². The van der Waals surface area contributed by atoms with Gasteiger partial charge in [-0.25, -0.2) is 0 Å². The predicted octanol–water partition coefficient (Wildman–Crippen LogP) is 3.43. The maximum Gasteiger partial charge on any atom is 0.289 e. The molecule has 13 heteroatoms. The minimum atomic E-state index is -1.05. The first-order valence-electron chi connectivity index (χ1n) is 18.3. The molecule has 2 aliphatic heterocycles. The van der Waals surface area contributed by atoms with E-state index in [0.717, 1.165) is 31.2 Å². The van der Waals surface area contributed by atoms with Crippen molar-refractivity contribution in [1.82, 2.24) is 20.9 Å². The molecule has 4 aliphatic carbocycles. The van der Waals surface area contributed by atoms with Crippen LogP contribution in [0, 0.1) is 17.8 Å². The van der Waals surface area contributed by atoms with Crippen molar-refractivity contribution in [3.63, 3.8) is 0 Å². The normalized spacial score (nSPS) is 30.0. The molecule has 0 radical (unpaired) electrons. The highest BCUT2D eigenvalue weighted by Crippen LogP contribution is 2.50. The van der Waals surface area contributed by atoms with Gasteiger partial charge >= 0.3 is 0 Å². The highest BCUT2D eigenvalue weighted by atomic mass is 35.5. The van der Waals surface area contributed by atoms with Crippen LogP contribution in [0.3, 0.4) is 0 Å². The van der Waals surface area contributed by atoms with E-state index < -0.39 is 52.8 Å². The van der Waals surface area contributed by atoms with Crippen LogP contribution in [-0.4, -0.2) is 89.0 Å². The van der Waals surface area contributed by atoms with Crippen LogP contribution in [0.2, 0.25) is 5.02 Å². The lowest BCUT2D eigenvalue weighted by atomic mass is 9.86. The fourth-order valence-electron chi connectivity index (χ4n) is 8.82. The van der Waals surface area contributed by atoms with Gasteiger partial charge in [-0.05, 0) is 81.3 Å². The zero-order valence-corrected chi connectivity index (χ0v) is 29.6. The van der Waals surface area contributed by atoms with Gasteiger partial charge in [-0.3, -0.25) is 24.0 Å². The largest absolute Gasteiger partial charge is 0.387 e. The third kappa shape index (κ3) is 7.15. The Morgan fingerprint density at radius 3 is 2.54 bits per heavy atom. The number of hydrogen-bond acceptors (Lipinski definition) is 8. The van der Waals surface area contributed by atoms with Gasteiger partial charge in [0.1, 0.15) is 12.1 Å². The Labute approximate surface area is 297 Å². The minimum Gasteiger partial charge on any atom is -0.387 e. The van der Waals surface area contributed by atoms with E-state index in [0.29, 0.717) is 60.6 Å². The number of likely N-dealkylation sites (tertiary alicyclic amines) is 1. The number of hydrogen-bond donors (Lipinski definition) is 3. The molecule has 1 aromatic carbocycles. The van der Waals surface area contributed by atoms with Crippen molar-refractivity contribution < 1.29 is 33.5 Å². The van der Waals surface area contributed by atoms with Gasteiger partial charge in [-0.2, -0.15) is 0 Å². The molecule has 2 heterocycles. The SMILES string of the molecule is CCC[C@H](NC(=O)[C@@H]1C[C@]2(CC(c3cccc(Cl)c3)=NO2)CN1C(=O)[C@@H](NC(=O)CC1CC2CCC1C2)C1(OC)CC1)C(=O)C(=O)NC1CC1. The summed E-state index contributed by atoms with van der Waals surface area (Å²) in [5.41, 5.74) is -0.483. The van der Waals surface area contributed by atoms with Gasteiger partial charge in [0.2, 0.25) is 23.5 Å².